The van der Waals surface area contributed by atoms with Crippen LogP contribution in [0, 0.1) is 0 Å². The molecule has 0 saturated heterocycles. The van der Waals surface area contributed by atoms with Crippen molar-refractivity contribution in [2.24, 2.45) is 0 Å². The zero-order valence-electron chi connectivity index (χ0n) is 7.03. The maximum atomic E-state index is 3.25. The zero-order chi connectivity index (χ0) is 7.82. The average Bonchev–Trinajstić information content (AvgIpc) is 1.90. The van der Waals surface area contributed by atoms with Crippen LogP contribution in [-0.4, -0.2) is 24.0 Å². The van der Waals surface area contributed by atoms with E-state index in [1.54, 1.807) is 0 Å². The third-order valence-corrected chi connectivity index (χ3v) is 1.83. The molecular weight excluding hydrogens is 144 g/mol. The molecule has 0 aliphatic rings. The molecule has 2 nitrogen and oxygen atoms in total. The van der Waals surface area contributed by atoms with Crippen molar-refractivity contribution in [3.63, 3.8) is 0 Å². The lowest BCUT2D eigenvalue weighted by Crippen LogP contribution is -2.74. The first kappa shape index (κ1) is 9.82. The Morgan fingerprint density at radius 2 is 2.10 bits per heavy atom. The highest BCUT2D eigenvalue weighted by atomic mass is 32.2. The minimum atomic E-state index is 0.995. The summed E-state index contributed by atoms with van der Waals surface area (Å²) in [6.45, 7) is 8.35. The Balaban J connectivity index is 3.60. The summed E-state index contributed by atoms with van der Waals surface area (Å²) >= 11 is 1.82. The van der Waals surface area contributed by atoms with Gasteiger partial charge in [-0.05, 0) is 25.6 Å². The molecule has 0 aliphatic heterocycles. The Kier molecular flexibility index (Phi) is 6.81. The zero-order valence-corrected chi connectivity index (χ0v) is 7.85. The molecule has 0 atom stereocenters. The summed E-state index contributed by atoms with van der Waals surface area (Å²) in [5.74, 6) is 1.12. The molecule has 0 aliphatic carbocycles. The van der Waals surface area contributed by atoms with Gasteiger partial charge in [0.15, 0.2) is 0 Å². The molecule has 2 N–H and O–H groups in total. The fraction of sp³-hybridized carbons (Fsp3) is 0.857. The van der Waals surface area contributed by atoms with Crippen molar-refractivity contribution in [2.75, 3.05) is 18.8 Å². The van der Waals surface area contributed by atoms with Crippen molar-refractivity contribution in [3.05, 3.63) is 0 Å². The van der Waals surface area contributed by atoms with Crippen molar-refractivity contribution in [2.45, 2.75) is 20.8 Å². The molecular formula is C7H17N2S+. The Morgan fingerprint density at radius 1 is 1.40 bits per heavy atom. The molecule has 3 heteroatoms. The molecule has 60 valence electrons. The first-order chi connectivity index (χ1) is 4.85. The smallest absolute Gasteiger partial charge is 0.269 e. The third-order valence-electron chi connectivity index (χ3n) is 0.963. The number of rotatable bonds is 3. The standard InChI is InChI=1S/C7H16N2S/c1-4-8-7(9-5-2)10-6-3/h4-6H2,1-3H3,(H,8,9)/p+1. The highest BCUT2D eigenvalue weighted by Crippen LogP contribution is 1.93. The van der Waals surface area contributed by atoms with Gasteiger partial charge in [0.2, 0.25) is 0 Å². The third kappa shape index (κ3) is 4.68. The molecule has 0 amide bonds. The van der Waals surface area contributed by atoms with E-state index in [4.69, 9.17) is 0 Å². The average molecular weight is 161 g/mol. The van der Waals surface area contributed by atoms with Crippen LogP contribution in [0.5, 0.6) is 0 Å². The molecule has 0 bridgehead atoms. The maximum Gasteiger partial charge on any atom is 0.304 e. The molecule has 0 aromatic carbocycles. The molecule has 0 unspecified atom stereocenters. The molecule has 0 heterocycles. The van der Waals surface area contributed by atoms with Gasteiger partial charge in [-0.25, -0.2) is 0 Å². The second-order valence-electron chi connectivity index (χ2n) is 1.82. The predicted molar refractivity (Wildman–Crippen MR) is 48.3 cm³/mol. The first-order valence-corrected chi connectivity index (χ1v) is 4.81. The number of hydrogen-bond donors (Lipinski definition) is 2. The van der Waals surface area contributed by atoms with E-state index in [0.717, 1.165) is 18.8 Å². The molecule has 0 spiro atoms. The van der Waals surface area contributed by atoms with Gasteiger partial charge in [-0.3, -0.25) is 10.3 Å². The highest BCUT2D eigenvalue weighted by molar-refractivity contribution is 8.13. The van der Waals surface area contributed by atoms with Gasteiger partial charge in [0.05, 0.1) is 13.1 Å². The van der Waals surface area contributed by atoms with E-state index in [2.05, 4.69) is 31.1 Å². The van der Waals surface area contributed by atoms with Gasteiger partial charge in [-0.1, -0.05) is 6.92 Å². The second-order valence-corrected chi connectivity index (χ2v) is 3.10. The fourth-order valence-corrected chi connectivity index (χ4v) is 1.41. The maximum absolute atomic E-state index is 3.25. The van der Waals surface area contributed by atoms with Crippen LogP contribution >= 0.6 is 11.8 Å². The van der Waals surface area contributed by atoms with Crippen LogP contribution in [0.25, 0.3) is 0 Å². The highest BCUT2D eigenvalue weighted by Gasteiger charge is 2.00. The molecule has 0 radical (unpaired) electrons. The van der Waals surface area contributed by atoms with E-state index in [1.165, 1.54) is 5.17 Å². The van der Waals surface area contributed by atoms with Crippen molar-refractivity contribution in [3.8, 4) is 0 Å². The van der Waals surface area contributed by atoms with Crippen LogP contribution in [0.3, 0.4) is 0 Å². The summed E-state index contributed by atoms with van der Waals surface area (Å²) in [6, 6.07) is 0. The van der Waals surface area contributed by atoms with E-state index < -0.39 is 0 Å². The quantitative estimate of drug-likeness (QED) is 0.443. The molecule has 0 saturated carbocycles. The summed E-state index contributed by atoms with van der Waals surface area (Å²) in [7, 11) is 0. The summed E-state index contributed by atoms with van der Waals surface area (Å²) in [4.78, 5) is 3.25. The van der Waals surface area contributed by atoms with Crippen molar-refractivity contribution in [1.82, 2.24) is 5.32 Å². The van der Waals surface area contributed by atoms with Crippen molar-refractivity contribution >= 4 is 16.9 Å². The van der Waals surface area contributed by atoms with Crippen LogP contribution in [0.2, 0.25) is 0 Å². The predicted octanol–water partition coefficient (Wildman–Crippen LogP) is -0.194. The van der Waals surface area contributed by atoms with E-state index in [0.29, 0.717) is 0 Å². The molecule has 0 aromatic heterocycles. The first-order valence-electron chi connectivity index (χ1n) is 3.82. The Bertz CT molecular complexity index is 93.8. The Hall–Kier alpha value is -0.180. The number of thioether (sulfide) groups is 1. The number of nitrogens with one attached hydrogen (secondary N) is 2. The summed E-state index contributed by atoms with van der Waals surface area (Å²) in [5, 5.41) is 4.45. The van der Waals surface area contributed by atoms with Gasteiger partial charge >= 0.3 is 5.17 Å². The summed E-state index contributed by atoms with van der Waals surface area (Å²) in [5.41, 5.74) is 0. The van der Waals surface area contributed by atoms with Crippen LogP contribution < -0.4 is 10.3 Å². The Morgan fingerprint density at radius 3 is 2.50 bits per heavy atom. The SMILES string of the molecule is CCNC(=[NH+]CC)SCC. The van der Waals surface area contributed by atoms with Crippen LogP contribution in [0.1, 0.15) is 20.8 Å². The van der Waals surface area contributed by atoms with Gasteiger partial charge in [-0.15, -0.1) is 0 Å². The second kappa shape index (κ2) is 6.93. The lowest BCUT2D eigenvalue weighted by atomic mass is 10.7. The fourth-order valence-electron chi connectivity index (χ4n) is 0.630. The minimum Gasteiger partial charge on any atom is -0.269 e. The van der Waals surface area contributed by atoms with Gasteiger partial charge < -0.3 is 0 Å². The lowest BCUT2D eigenvalue weighted by Gasteiger charge is -1.96. The number of hydrogen-bond acceptors (Lipinski definition) is 1. The van der Waals surface area contributed by atoms with Gasteiger partial charge in [0.25, 0.3) is 0 Å². The molecule has 0 aromatic rings. The minimum absolute atomic E-state index is 0.995. The Labute approximate surface area is 67.5 Å². The summed E-state index contributed by atoms with van der Waals surface area (Å²) in [6.07, 6.45) is 0. The van der Waals surface area contributed by atoms with Crippen LogP contribution in [0.4, 0.5) is 0 Å². The largest absolute Gasteiger partial charge is 0.304 e. The normalized spacial score (nSPS) is 11.7. The van der Waals surface area contributed by atoms with Gasteiger partial charge in [0.1, 0.15) is 0 Å². The van der Waals surface area contributed by atoms with Gasteiger partial charge in [0, 0.05) is 5.75 Å². The van der Waals surface area contributed by atoms with Crippen LogP contribution in [0.15, 0.2) is 0 Å². The van der Waals surface area contributed by atoms with E-state index in [1.807, 2.05) is 11.8 Å². The monoisotopic (exact) mass is 161 g/mol. The number of amidine groups is 1. The van der Waals surface area contributed by atoms with Gasteiger partial charge in [-0.2, -0.15) is 0 Å². The topological polar surface area (TPSA) is 26.0 Å². The molecule has 10 heavy (non-hydrogen) atoms. The van der Waals surface area contributed by atoms with Crippen LogP contribution in [-0.2, 0) is 0 Å². The van der Waals surface area contributed by atoms with E-state index in [-0.39, 0.29) is 0 Å². The lowest BCUT2D eigenvalue weighted by molar-refractivity contribution is -0.451. The molecule has 0 fully saturated rings. The van der Waals surface area contributed by atoms with E-state index >= 15 is 0 Å². The van der Waals surface area contributed by atoms with E-state index in [9.17, 15) is 0 Å². The summed E-state index contributed by atoms with van der Waals surface area (Å²) < 4.78 is 0. The molecule has 0 rings (SSSR count). The van der Waals surface area contributed by atoms with Crippen molar-refractivity contribution < 1.29 is 4.99 Å². The van der Waals surface area contributed by atoms with Crippen molar-refractivity contribution in [1.29, 1.82) is 0 Å².